The molecule has 0 aliphatic carbocycles. The second kappa shape index (κ2) is 6.65. The molecule has 1 saturated heterocycles. The van der Waals surface area contributed by atoms with Crippen LogP contribution in [0.15, 0.2) is 11.0 Å². The summed E-state index contributed by atoms with van der Waals surface area (Å²) >= 11 is 5.81. The summed E-state index contributed by atoms with van der Waals surface area (Å²) in [6.45, 7) is 1.99. The van der Waals surface area contributed by atoms with Crippen LogP contribution in [-0.4, -0.2) is 47.0 Å². The fourth-order valence-corrected chi connectivity index (χ4v) is 2.44. The predicted molar refractivity (Wildman–Crippen MR) is 73.7 cm³/mol. The van der Waals surface area contributed by atoms with Gasteiger partial charge in [-0.15, -0.1) is 0 Å². The molecule has 0 bridgehead atoms. The van der Waals surface area contributed by atoms with Gasteiger partial charge < -0.3 is 10.2 Å². The maximum absolute atomic E-state index is 12.3. The third-order valence-corrected chi connectivity index (χ3v) is 3.62. The number of anilines is 1. The molecule has 0 amide bonds. The molecule has 0 spiro atoms. The standard InChI is InChI=1S/C12H16ClF3N4O/c13-10-9(17-3-6-19-4-1-2-5-19)7-18-20(11(10)21)8-12(14,15)16/h7,17H,1-6,8H2. The van der Waals surface area contributed by atoms with Gasteiger partial charge in [0.05, 0.1) is 11.9 Å². The Bertz CT molecular complexity index is 540. The number of nitrogens with one attached hydrogen (secondary N) is 1. The highest BCUT2D eigenvalue weighted by atomic mass is 35.5. The van der Waals surface area contributed by atoms with Crippen LogP contribution < -0.4 is 10.9 Å². The second-order valence-electron chi connectivity index (χ2n) is 4.93. The largest absolute Gasteiger partial charge is 0.408 e. The van der Waals surface area contributed by atoms with Crippen molar-refractivity contribution in [1.29, 1.82) is 0 Å². The van der Waals surface area contributed by atoms with Crippen LogP contribution in [0.5, 0.6) is 0 Å². The van der Waals surface area contributed by atoms with E-state index in [2.05, 4.69) is 15.3 Å². The zero-order valence-electron chi connectivity index (χ0n) is 11.3. The molecule has 1 aliphatic rings. The van der Waals surface area contributed by atoms with Crippen LogP contribution >= 0.6 is 11.6 Å². The lowest BCUT2D eigenvalue weighted by Crippen LogP contribution is -2.31. The summed E-state index contributed by atoms with van der Waals surface area (Å²) in [6, 6.07) is 0. The summed E-state index contributed by atoms with van der Waals surface area (Å²) in [6.07, 6.45) is -1.00. The average molecular weight is 325 g/mol. The minimum atomic E-state index is -4.51. The molecule has 2 heterocycles. The van der Waals surface area contributed by atoms with Crippen LogP contribution in [0.2, 0.25) is 5.02 Å². The number of alkyl halides is 3. The minimum Gasteiger partial charge on any atom is -0.381 e. The summed E-state index contributed by atoms with van der Waals surface area (Å²) in [5, 5.41) is 6.17. The SMILES string of the molecule is O=c1c(Cl)c(NCCN2CCCC2)cnn1CC(F)(F)F. The van der Waals surface area contributed by atoms with Crippen molar-refractivity contribution in [1.82, 2.24) is 14.7 Å². The third-order valence-electron chi connectivity index (χ3n) is 3.26. The topological polar surface area (TPSA) is 50.2 Å². The van der Waals surface area contributed by atoms with E-state index in [1.807, 2.05) is 0 Å². The van der Waals surface area contributed by atoms with Gasteiger partial charge in [0.2, 0.25) is 0 Å². The van der Waals surface area contributed by atoms with Crippen LogP contribution in [0, 0.1) is 0 Å². The number of halogens is 4. The van der Waals surface area contributed by atoms with E-state index in [1.54, 1.807) is 0 Å². The van der Waals surface area contributed by atoms with Crippen LogP contribution in [-0.2, 0) is 6.54 Å². The molecule has 5 nitrogen and oxygen atoms in total. The van der Waals surface area contributed by atoms with Crippen LogP contribution in [0.4, 0.5) is 18.9 Å². The molecule has 1 aliphatic heterocycles. The van der Waals surface area contributed by atoms with Crippen molar-refractivity contribution in [3.05, 3.63) is 21.6 Å². The lowest BCUT2D eigenvalue weighted by atomic mass is 10.4. The van der Waals surface area contributed by atoms with Gasteiger partial charge in [-0.3, -0.25) is 4.79 Å². The van der Waals surface area contributed by atoms with E-state index >= 15 is 0 Å². The highest BCUT2D eigenvalue weighted by Crippen LogP contribution is 2.19. The van der Waals surface area contributed by atoms with E-state index in [0.29, 0.717) is 11.2 Å². The summed E-state index contributed by atoms with van der Waals surface area (Å²) in [7, 11) is 0. The Hall–Kier alpha value is -1.28. The van der Waals surface area contributed by atoms with E-state index in [1.165, 1.54) is 12.8 Å². The Morgan fingerprint density at radius 2 is 2.00 bits per heavy atom. The van der Waals surface area contributed by atoms with Gasteiger partial charge >= 0.3 is 6.18 Å². The summed E-state index contributed by atoms with van der Waals surface area (Å²) < 4.78 is 37.1. The van der Waals surface area contributed by atoms with Crippen molar-refractivity contribution < 1.29 is 13.2 Å². The van der Waals surface area contributed by atoms with Crippen molar-refractivity contribution >= 4 is 17.3 Å². The fraction of sp³-hybridized carbons (Fsp3) is 0.667. The number of likely N-dealkylation sites (tertiary alicyclic amines) is 1. The zero-order valence-corrected chi connectivity index (χ0v) is 12.0. The van der Waals surface area contributed by atoms with Gasteiger partial charge in [-0.2, -0.15) is 18.3 Å². The second-order valence-corrected chi connectivity index (χ2v) is 5.30. The highest BCUT2D eigenvalue weighted by Gasteiger charge is 2.29. The minimum absolute atomic E-state index is 0.263. The lowest BCUT2D eigenvalue weighted by molar-refractivity contribution is -0.143. The van der Waals surface area contributed by atoms with Crippen molar-refractivity contribution in [2.45, 2.75) is 25.6 Å². The molecular formula is C12H16ClF3N4O. The molecule has 2 rings (SSSR count). The Morgan fingerprint density at radius 3 is 2.62 bits per heavy atom. The molecule has 0 saturated carbocycles. The molecule has 0 radical (unpaired) electrons. The van der Waals surface area contributed by atoms with Gasteiger partial charge in [0, 0.05) is 13.1 Å². The predicted octanol–water partition coefficient (Wildman–Crippen LogP) is 1.97. The molecule has 1 fully saturated rings. The number of nitrogens with zero attached hydrogens (tertiary/aromatic N) is 3. The molecule has 1 aromatic rings. The fourth-order valence-electron chi connectivity index (χ4n) is 2.23. The van der Waals surface area contributed by atoms with E-state index in [9.17, 15) is 18.0 Å². The molecule has 118 valence electrons. The first-order valence-corrected chi connectivity index (χ1v) is 7.03. The Morgan fingerprint density at radius 1 is 1.33 bits per heavy atom. The first-order valence-electron chi connectivity index (χ1n) is 6.65. The highest BCUT2D eigenvalue weighted by molar-refractivity contribution is 6.32. The van der Waals surface area contributed by atoms with Gasteiger partial charge in [0.15, 0.2) is 0 Å². The Balaban J connectivity index is 1.97. The molecule has 9 heteroatoms. The number of aromatic nitrogens is 2. The maximum atomic E-state index is 12.3. The lowest BCUT2D eigenvalue weighted by Gasteiger charge is -2.16. The number of rotatable bonds is 5. The average Bonchev–Trinajstić information content (AvgIpc) is 2.89. The molecule has 21 heavy (non-hydrogen) atoms. The monoisotopic (exact) mass is 324 g/mol. The van der Waals surface area contributed by atoms with Crippen LogP contribution in [0.1, 0.15) is 12.8 Å². The summed E-state index contributed by atoms with van der Waals surface area (Å²) in [5.74, 6) is 0. The van der Waals surface area contributed by atoms with Crippen LogP contribution in [0.3, 0.4) is 0 Å². The van der Waals surface area contributed by atoms with Crippen molar-refractivity contribution in [2.24, 2.45) is 0 Å². The van der Waals surface area contributed by atoms with E-state index < -0.39 is 18.3 Å². The van der Waals surface area contributed by atoms with Gasteiger partial charge in [0.1, 0.15) is 11.6 Å². The van der Waals surface area contributed by atoms with Gasteiger partial charge in [-0.1, -0.05) is 11.6 Å². The van der Waals surface area contributed by atoms with Crippen molar-refractivity contribution in [3.8, 4) is 0 Å². The first kappa shape index (κ1) is 16.1. The smallest absolute Gasteiger partial charge is 0.381 e. The van der Waals surface area contributed by atoms with Crippen molar-refractivity contribution in [3.63, 3.8) is 0 Å². The molecule has 0 aromatic carbocycles. The molecule has 1 N–H and O–H groups in total. The molecule has 0 unspecified atom stereocenters. The Kier molecular flexibility index (Phi) is 5.10. The summed E-state index contributed by atoms with van der Waals surface area (Å²) in [5.41, 5.74) is -0.681. The summed E-state index contributed by atoms with van der Waals surface area (Å²) in [4.78, 5) is 14.0. The van der Waals surface area contributed by atoms with Crippen molar-refractivity contribution in [2.75, 3.05) is 31.5 Å². The van der Waals surface area contributed by atoms with Gasteiger partial charge in [-0.25, -0.2) is 4.68 Å². The molecule has 1 aromatic heterocycles. The quantitative estimate of drug-likeness (QED) is 0.899. The van der Waals surface area contributed by atoms with E-state index in [-0.39, 0.29) is 10.7 Å². The number of hydrogen-bond donors (Lipinski definition) is 1. The Labute approximate surface area is 124 Å². The van der Waals surface area contributed by atoms with Gasteiger partial charge in [-0.05, 0) is 25.9 Å². The molecule has 0 atom stereocenters. The van der Waals surface area contributed by atoms with E-state index in [0.717, 1.165) is 25.8 Å². The van der Waals surface area contributed by atoms with E-state index in [4.69, 9.17) is 11.6 Å². The maximum Gasteiger partial charge on any atom is 0.408 e. The normalized spacial score (nSPS) is 16.4. The molecular weight excluding hydrogens is 309 g/mol. The van der Waals surface area contributed by atoms with Crippen LogP contribution in [0.25, 0.3) is 0 Å². The number of hydrogen-bond acceptors (Lipinski definition) is 4. The first-order chi connectivity index (χ1) is 9.87. The zero-order chi connectivity index (χ0) is 15.5. The van der Waals surface area contributed by atoms with Gasteiger partial charge in [0.25, 0.3) is 5.56 Å². The third kappa shape index (κ3) is 4.60.